The molecule has 0 spiro atoms. The maximum Gasteiger partial charge on any atom is 0.303 e. The number of hydrogen-bond acceptors (Lipinski definition) is 4. The molecule has 8 heteroatoms. The minimum atomic E-state index is -3.80. The standard InChI is InChI=1S/C13H15ClN2O4S/c1-9(3-2-4-13(17)18)16-21(19,20)12-6-5-10(8-15)7-11(12)14/h5-7,9,16H,2-4H2,1H3,(H,17,18). The summed E-state index contributed by atoms with van der Waals surface area (Å²) in [6, 6.07) is 5.38. The fraction of sp³-hybridized carbons (Fsp3) is 0.385. The van der Waals surface area contributed by atoms with Crippen LogP contribution in [0.15, 0.2) is 23.1 Å². The second-order valence-electron chi connectivity index (χ2n) is 4.57. The molecule has 1 aromatic carbocycles. The summed E-state index contributed by atoms with van der Waals surface area (Å²) in [7, 11) is -3.80. The van der Waals surface area contributed by atoms with Crippen LogP contribution in [0, 0.1) is 11.3 Å². The van der Waals surface area contributed by atoms with Gasteiger partial charge in [-0.1, -0.05) is 11.6 Å². The van der Waals surface area contributed by atoms with Gasteiger partial charge in [-0.3, -0.25) is 4.79 Å². The molecule has 6 nitrogen and oxygen atoms in total. The molecule has 0 fully saturated rings. The van der Waals surface area contributed by atoms with Crippen LogP contribution in [-0.4, -0.2) is 25.5 Å². The van der Waals surface area contributed by atoms with E-state index in [1.165, 1.54) is 18.2 Å². The van der Waals surface area contributed by atoms with Crippen LogP contribution < -0.4 is 4.72 Å². The van der Waals surface area contributed by atoms with Crippen LogP contribution in [0.2, 0.25) is 5.02 Å². The molecule has 0 aliphatic heterocycles. The van der Waals surface area contributed by atoms with Gasteiger partial charge in [0.25, 0.3) is 0 Å². The van der Waals surface area contributed by atoms with Crippen LogP contribution in [0.3, 0.4) is 0 Å². The van der Waals surface area contributed by atoms with Crippen LogP contribution in [0.25, 0.3) is 0 Å². The molecule has 1 unspecified atom stereocenters. The average Bonchev–Trinajstić information content (AvgIpc) is 2.36. The third-order valence-corrected chi connectivity index (χ3v) is 4.81. The number of nitriles is 1. The number of carbonyl (C=O) groups is 1. The molecule has 1 rings (SSSR count). The molecule has 0 radical (unpaired) electrons. The Labute approximate surface area is 128 Å². The van der Waals surface area contributed by atoms with Crippen LogP contribution in [0.1, 0.15) is 31.7 Å². The van der Waals surface area contributed by atoms with Crippen molar-refractivity contribution in [2.24, 2.45) is 0 Å². The van der Waals surface area contributed by atoms with Gasteiger partial charge in [0.1, 0.15) is 4.90 Å². The number of hydrogen-bond donors (Lipinski definition) is 2. The molecule has 21 heavy (non-hydrogen) atoms. The van der Waals surface area contributed by atoms with Crippen molar-refractivity contribution < 1.29 is 18.3 Å². The lowest BCUT2D eigenvalue weighted by atomic mass is 10.1. The first-order valence-corrected chi connectivity index (χ1v) is 8.06. The topological polar surface area (TPSA) is 107 Å². The molecular weight excluding hydrogens is 316 g/mol. The Balaban J connectivity index is 2.78. The quantitative estimate of drug-likeness (QED) is 0.796. The van der Waals surface area contributed by atoms with Crippen LogP contribution in [0.4, 0.5) is 0 Å². The first kappa shape index (κ1) is 17.4. The van der Waals surface area contributed by atoms with Gasteiger partial charge in [0.15, 0.2) is 0 Å². The van der Waals surface area contributed by atoms with E-state index < -0.39 is 22.0 Å². The predicted octanol–water partition coefficient (Wildman–Crippen LogP) is 2.13. The van der Waals surface area contributed by atoms with E-state index in [2.05, 4.69) is 4.72 Å². The third-order valence-electron chi connectivity index (χ3n) is 2.73. The summed E-state index contributed by atoms with van der Waals surface area (Å²) in [4.78, 5) is 10.3. The lowest BCUT2D eigenvalue weighted by Gasteiger charge is -2.14. The smallest absolute Gasteiger partial charge is 0.303 e. The summed E-state index contributed by atoms with van der Waals surface area (Å²) in [5, 5.41) is 17.2. The molecule has 0 amide bonds. The van der Waals surface area contributed by atoms with E-state index in [0.717, 1.165) is 0 Å². The van der Waals surface area contributed by atoms with Gasteiger partial charge >= 0.3 is 5.97 Å². The Morgan fingerprint density at radius 3 is 2.71 bits per heavy atom. The highest BCUT2D eigenvalue weighted by molar-refractivity contribution is 7.89. The van der Waals surface area contributed by atoms with Crippen molar-refractivity contribution in [1.29, 1.82) is 5.26 Å². The van der Waals surface area contributed by atoms with Gasteiger partial charge in [0.2, 0.25) is 10.0 Å². The van der Waals surface area contributed by atoms with Gasteiger partial charge in [0.05, 0.1) is 16.7 Å². The number of aliphatic carboxylic acids is 1. The number of sulfonamides is 1. The maximum atomic E-state index is 12.2. The summed E-state index contributed by atoms with van der Waals surface area (Å²) in [5.74, 6) is -0.916. The third kappa shape index (κ3) is 5.34. The van der Waals surface area contributed by atoms with Crippen LogP contribution in [0.5, 0.6) is 0 Å². The molecule has 0 aliphatic carbocycles. The maximum absolute atomic E-state index is 12.2. The van der Waals surface area contributed by atoms with E-state index in [0.29, 0.717) is 12.8 Å². The molecule has 0 bridgehead atoms. The number of carboxylic acids is 1. The number of halogens is 1. The normalized spacial score (nSPS) is 12.6. The summed E-state index contributed by atoms with van der Waals surface area (Å²) in [6.07, 6.45) is 0.767. The van der Waals surface area contributed by atoms with E-state index in [9.17, 15) is 13.2 Å². The SMILES string of the molecule is CC(CCCC(=O)O)NS(=O)(=O)c1ccc(C#N)cc1Cl. The molecule has 1 atom stereocenters. The monoisotopic (exact) mass is 330 g/mol. The zero-order valence-corrected chi connectivity index (χ0v) is 12.9. The number of carboxylic acid groups (broad SMARTS) is 1. The van der Waals surface area contributed by atoms with E-state index in [4.69, 9.17) is 22.0 Å². The lowest BCUT2D eigenvalue weighted by molar-refractivity contribution is -0.137. The van der Waals surface area contributed by atoms with Crippen molar-refractivity contribution in [2.45, 2.75) is 37.1 Å². The van der Waals surface area contributed by atoms with Gasteiger partial charge < -0.3 is 5.11 Å². The number of nitrogens with zero attached hydrogens (tertiary/aromatic N) is 1. The molecule has 0 saturated carbocycles. The zero-order valence-electron chi connectivity index (χ0n) is 11.3. The molecule has 0 saturated heterocycles. The Morgan fingerprint density at radius 2 is 2.19 bits per heavy atom. The largest absolute Gasteiger partial charge is 0.481 e. The molecule has 2 N–H and O–H groups in total. The highest BCUT2D eigenvalue weighted by atomic mass is 35.5. The van der Waals surface area contributed by atoms with Gasteiger partial charge in [-0.25, -0.2) is 13.1 Å². The van der Waals surface area contributed by atoms with E-state index >= 15 is 0 Å². The van der Waals surface area contributed by atoms with E-state index in [-0.39, 0.29) is 21.9 Å². The summed E-state index contributed by atoms with van der Waals surface area (Å²) in [5.41, 5.74) is 0.272. The van der Waals surface area contributed by atoms with E-state index in [1.807, 2.05) is 6.07 Å². The minimum Gasteiger partial charge on any atom is -0.481 e. The van der Waals surface area contributed by atoms with Gasteiger partial charge in [0, 0.05) is 12.5 Å². The molecule has 114 valence electrons. The molecule has 0 aliphatic rings. The Kier molecular flexibility index (Phi) is 6.15. The molecule has 0 aromatic heterocycles. The Bertz CT molecular complexity index is 667. The first-order valence-electron chi connectivity index (χ1n) is 6.20. The van der Waals surface area contributed by atoms with Crippen molar-refractivity contribution in [3.8, 4) is 6.07 Å². The van der Waals surface area contributed by atoms with Crippen molar-refractivity contribution in [2.75, 3.05) is 0 Å². The van der Waals surface area contributed by atoms with Gasteiger partial charge in [-0.05, 0) is 38.0 Å². The predicted molar refractivity (Wildman–Crippen MR) is 77.4 cm³/mol. The average molecular weight is 331 g/mol. The van der Waals surface area contributed by atoms with Crippen molar-refractivity contribution in [3.05, 3.63) is 28.8 Å². The summed E-state index contributed by atoms with van der Waals surface area (Å²) >= 11 is 5.87. The van der Waals surface area contributed by atoms with Gasteiger partial charge in [-0.2, -0.15) is 5.26 Å². The molecular formula is C13H15ClN2O4S. The minimum absolute atomic E-state index is 0.0102. The fourth-order valence-corrected chi connectivity index (χ4v) is 3.56. The summed E-state index contributed by atoms with van der Waals surface area (Å²) in [6.45, 7) is 1.65. The second kappa shape index (κ2) is 7.41. The van der Waals surface area contributed by atoms with Crippen molar-refractivity contribution in [3.63, 3.8) is 0 Å². The Morgan fingerprint density at radius 1 is 1.52 bits per heavy atom. The van der Waals surface area contributed by atoms with Crippen LogP contribution in [-0.2, 0) is 14.8 Å². The Hall–Kier alpha value is -1.62. The number of benzene rings is 1. The molecule has 1 aromatic rings. The molecule has 0 heterocycles. The zero-order chi connectivity index (χ0) is 16.0. The fourth-order valence-electron chi connectivity index (χ4n) is 1.74. The number of rotatable bonds is 7. The second-order valence-corrected chi connectivity index (χ2v) is 6.65. The summed E-state index contributed by atoms with van der Waals surface area (Å²) < 4.78 is 26.8. The van der Waals surface area contributed by atoms with E-state index in [1.54, 1.807) is 6.92 Å². The highest BCUT2D eigenvalue weighted by Gasteiger charge is 2.20. The van der Waals surface area contributed by atoms with Gasteiger partial charge in [-0.15, -0.1) is 0 Å². The van der Waals surface area contributed by atoms with Crippen LogP contribution >= 0.6 is 11.6 Å². The number of nitrogens with one attached hydrogen (secondary N) is 1. The highest BCUT2D eigenvalue weighted by Crippen LogP contribution is 2.22. The van der Waals surface area contributed by atoms with Crippen molar-refractivity contribution in [1.82, 2.24) is 4.72 Å². The first-order chi connectivity index (χ1) is 9.76. The van der Waals surface area contributed by atoms with Crippen molar-refractivity contribution >= 4 is 27.6 Å². The lowest BCUT2D eigenvalue weighted by Crippen LogP contribution is -2.32.